The molecule has 2 atom stereocenters. The molecule has 0 saturated heterocycles. The third-order valence-corrected chi connectivity index (χ3v) is 8.15. The summed E-state index contributed by atoms with van der Waals surface area (Å²) < 4.78 is 6.50. The lowest BCUT2D eigenvalue weighted by Crippen LogP contribution is -2.36. The quantitative estimate of drug-likeness (QED) is 0.152. The van der Waals surface area contributed by atoms with E-state index in [9.17, 15) is 14.9 Å². The molecule has 0 unspecified atom stereocenters. The van der Waals surface area contributed by atoms with Gasteiger partial charge in [0.05, 0.1) is 28.4 Å². The van der Waals surface area contributed by atoms with Gasteiger partial charge in [0.15, 0.2) is 0 Å². The van der Waals surface area contributed by atoms with Gasteiger partial charge in [0, 0.05) is 27.2 Å². The van der Waals surface area contributed by atoms with E-state index in [1.54, 1.807) is 22.3 Å². The number of amides is 1. The molecule has 0 fully saturated rings. The van der Waals surface area contributed by atoms with E-state index in [0.29, 0.717) is 30.6 Å². The first-order chi connectivity index (χ1) is 16.0. The van der Waals surface area contributed by atoms with Crippen LogP contribution in [0.4, 0.5) is 10.5 Å². The predicted molar refractivity (Wildman–Crippen MR) is 138 cm³/mol. The molecule has 4 rings (SSSR count). The van der Waals surface area contributed by atoms with Crippen molar-refractivity contribution in [3.63, 3.8) is 0 Å². The lowest BCUT2D eigenvalue weighted by atomic mass is 9.87. The minimum absolute atomic E-state index is 0.191. The molecule has 1 aliphatic rings. The van der Waals surface area contributed by atoms with Crippen LogP contribution in [0.3, 0.4) is 0 Å². The standard InChI is InChI=1S/C24H26ClN3O4S2/c1-14-20-22(34-21(14)16-9-5-6-10-17(16)28(30)31)18(12-19(25)26-20)27(13-15-8-7-11-33-15)23(29)32-24(2,3)4/h5-8,11-12,16-17H,9-10,13H2,1-4H3/t16-,17-/m0/s1. The highest BCUT2D eigenvalue weighted by Gasteiger charge is 2.36. The van der Waals surface area contributed by atoms with Crippen molar-refractivity contribution in [2.24, 2.45) is 0 Å². The fourth-order valence-electron chi connectivity index (χ4n) is 4.14. The van der Waals surface area contributed by atoms with Crippen molar-refractivity contribution in [2.45, 2.75) is 64.6 Å². The molecule has 0 saturated carbocycles. The van der Waals surface area contributed by atoms with Crippen molar-refractivity contribution in [1.82, 2.24) is 4.98 Å². The topological polar surface area (TPSA) is 85.6 Å². The molecule has 34 heavy (non-hydrogen) atoms. The molecule has 10 heteroatoms. The second-order valence-electron chi connectivity index (χ2n) is 9.28. The molecule has 3 aromatic rings. The zero-order chi connectivity index (χ0) is 24.6. The van der Waals surface area contributed by atoms with Crippen LogP contribution in [0.5, 0.6) is 0 Å². The fourth-order valence-corrected chi connectivity index (χ4v) is 6.46. The van der Waals surface area contributed by atoms with Crippen LogP contribution in [0.25, 0.3) is 10.2 Å². The molecule has 3 aromatic heterocycles. The van der Waals surface area contributed by atoms with Crippen molar-refractivity contribution in [1.29, 1.82) is 0 Å². The second kappa shape index (κ2) is 9.64. The van der Waals surface area contributed by atoms with Crippen LogP contribution in [0.2, 0.25) is 5.15 Å². The van der Waals surface area contributed by atoms with Gasteiger partial charge in [-0.15, -0.1) is 22.7 Å². The van der Waals surface area contributed by atoms with Crippen molar-refractivity contribution in [2.75, 3.05) is 4.90 Å². The van der Waals surface area contributed by atoms with E-state index < -0.39 is 17.7 Å². The lowest BCUT2D eigenvalue weighted by molar-refractivity contribution is -0.526. The molecule has 0 spiro atoms. The maximum absolute atomic E-state index is 13.3. The number of nitro groups is 1. The third-order valence-electron chi connectivity index (χ3n) is 5.66. The molecule has 0 N–H and O–H groups in total. The summed E-state index contributed by atoms with van der Waals surface area (Å²) in [6, 6.07) is 4.88. The molecule has 3 heterocycles. The van der Waals surface area contributed by atoms with Crippen LogP contribution >= 0.6 is 34.3 Å². The average molecular weight is 520 g/mol. The summed E-state index contributed by atoms with van der Waals surface area (Å²) in [4.78, 5) is 32.9. The summed E-state index contributed by atoms with van der Waals surface area (Å²) >= 11 is 9.44. The van der Waals surface area contributed by atoms with E-state index in [0.717, 1.165) is 20.0 Å². The Morgan fingerprint density at radius 1 is 1.35 bits per heavy atom. The largest absolute Gasteiger partial charge is 0.443 e. The lowest BCUT2D eigenvalue weighted by Gasteiger charge is -2.27. The summed E-state index contributed by atoms with van der Waals surface area (Å²) in [5, 5.41) is 14.0. The van der Waals surface area contributed by atoms with Crippen molar-refractivity contribution in [3.05, 3.63) is 66.3 Å². The first-order valence-electron chi connectivity index (χ1n) is 11.0. The van der Waals surface area contributed by atoms with Gasteiger partial charge >= 0.3 is 6.09 Å². The Hall–Kier alpha value is -2.49. The highest BCUT2D eigenvalue weighted by Crippen LogP contribution is 2.45. The van der Waals surface area contributed by atoms with Gasteiger partial charge in [-0.1, -0.05) is 29.8 Å². The summed E-state index contributed by atoms with van der Waals surface area (Å²) in [6.07, 6.45) is 4.38. The number of nitrogens with zero attached hydrogens (tertiary/aromatic N) is 3. The van der Waals surface area contributed by atoms with Gasteiger partial charge in [-0.2, -0.15) is 0 Å². The highest BCUT2D eigenvalue weighted by atomic mass is 35.5. The van der Waals surface area contributed by atoms with Gasteiger partial charge in [0.1, 0.15) is 10.8 Å². The second-order valence-corrected chi connectivity index (χ2v) is 11.8. The van der Waals surface area contributed by atoms with Crippen LogP contribution in [0, 0.1) is 17.0 Å². The minimum Gasteiger partial charge on any atom is -0.443 e. The number of hydrogen-bond donors (Lipinski definition) is 0. The zero-order valence-corrected chi connectivity index (χ0v) is 21.8. The summed E-state index contributed by atoms with van der Waals surface area (Å²) in [5.41, 5.74) is 1.46. The van der Waals surface area contributed by atoms with Crippen LogP contribution in [0.1, 0.15) is 54.8 Å². The van der Waals surface area contributed by atoms with Gasteiger partial charge < -0.3 is 4.74 Å². The van der Waals surface area contributed by atoms with Crippen molar-refractivity contribution in [3.8, 4) is 0 Å². The Balaban J connectivity index is 1.85. The van der Waals surface area contributed by atoms with E-state index in [1.807, 2.05) is 57.4 Å². The van der Waals surface area contributed by atoms with Gasteiger partial charge in [-0.05, 0) is 51.1 Å². The summed E-state index contributed by atoms with van der Waals surface area (Å²) in [5.74, 6) is -0.252. The minimum atomic E-state index is -0.691. The summed E-state index contributed by atoms with van der Waals surface area (Å²) in [7, 11) is 0. The van der Waals surface area contributed by atoms with Crippen LogP contribution in [-0.2, 0) is 11.3 Å². The number of allylic oxidation sites excluding steroid dienone is 1. The number of aromatic nitrogens is 1. The molecule has 0 bridgehead atoms. The summed E-state index contributed by atoms with van der Waals surface area (Å²) in [6.45, 7) is 7.72. The van der Waals surface area contributed by atoms with Gasteiger partial charge in [0.25, 0.3) is 0 Å². The monoisotopic (exact) mass is 519 g/mol. The highest BCUT2D eigenvalue weighted by molar-refractivity contribution is 7.20. The van der Waals surface area contributed by atoms with Gasteiger partial charge in [-0.25, -0.2) is 9.78 Å². The molecule has 0 aliphatic heterocycles. The molecule has 1 amide bonds. The Labute approximate surface area is 211 Å². The number of rotatable bonds is 5. The van der Waals surface area contributed by atoms with E-state index in [4.69, 9.17) is 16.3 Å². The van der Waals surface area contributed by atoms with Crippen LogP contribution in [-0.4, -0.2) is 27.6 Å². The van der Waals surface area contributed by atoms with Gasteiger partial charge in [-0.3, -0.25) is 15.0 Å². The predicted octanol–water partition coefficient (Wildman–Crippen LogP) is 7.34. The number of fused-ring (bicyclic) bond motifs is 1. The van der Waals surface area contributed by atoms with E-state index in [2.05, 4.69) is 4.98 Å². The number of carbonyl (C=O) groups excluding carboxylic acids is 1. The molecule has 180 valence electrons. The molecule has 7 nitrogen and oxygen atoms in total. The number of thiophene rings is 2. The number of hydrogen-bond acceptors (Lipinski definition) is 7. The number of carbonyl (C=O) groups is 1. The average Bonchev–Trinajstić information content (AvgIpc) is 3.38. The van der Waals surface area contributed by atoms with Gasteiger partial charge in [0.2, 0.25) is 6.04 Å². The van der Waals surface area contributed by atoms with Crippen molar-refractivity contribution >= 4 is 56.3 Å². The molecule has 0 radical (unpaired) electrons. The maximum Gasteiger partial charge on any atom is 0.415 e. The van der Waals surface area contributed by atoms with Crippen molar-refractivity contribution < 1.29 is 14.5 Å². The maximum atomic E-state index is 13.3. The van der Waals surface area contributed by atoms with Crippen LogP contribution in [0.15, 0.2) is 35.7 Å². The first-order valence-corrected chi connectivity index (χ1v) is 13.0. The number of aryl methyl sites for hydroxylation is 1. The SMILES string of the molecule is Cc1c([C@H]2CC=CC[C@@H]2[N+](=O)[O-])sc2c(N(Cc3cccs3)C(=O)OC(C)(C)C)cc(Cl)nc12. The third kappa shape index (κ3) is 5.11. The molecular formula is C24H26ClN3O4S2. The Kier molecular flexibility index (Phi) is 6.98. The van der Waals surface area contributed by atoms with E-state index in [1.165, 1.54) is 11.3 Å². The number of pyridine rings is 1. The first kappa shape index (κ1) is 24.6. The molecular weight excluding hydrogens is 494 g/mol. The fraction of sp³-hybridized carbons (Fsp3) is 0.417. The molecule has 0 aromatic carbocycles. The Morgan fingerprint density at radius 3 is 2.74 bits per heavy atom. The Morgan fingerprint density at radius 2 is 2.09 bits per heavy atom. The normalized spacial score (nSPS) is 18.3. The number of ether oxygens (including phenoxy) is 1. The van der Waals surface area contributed by atoms with E-state index in [-0.39, 0.29) is 16.0 Å². The smallest absolute Gasteiger partial charge is 0.415 e. The molecule has 1 aliphatic carbocycles. The van der Waals surface area contributed by atoms with E-state index >= 15 is 0 Å². The van der Waals surface area contributed by atoms with Crippen LogP contribution < -0.4 is 4.90 Å². The number of anilines is 1. The number of halogens is 1. The zero-order valence-electron chi connectivity index (χ0n) is 19.4. The Bertz CT molecular complexity index is 1250.